The molecule has 0 aliphatic carbocycles. The van der Waals surface area contributed by atoms with Crippen molar-refractivity contribution in [3.8, 4) is 0 Å². The van der Waals surface area contributed by atoms with Gasteiger partial charge in [0.05, 0.1) is 0 Å². The predicted molar refractivity (Wildman–Crippen MR) is 38.0 cm³/mol. The Kier molecular flexibility index (Phi) is 7.64. The molecule has 0 aromatic heterocycles. The molecule has 0 aromatic rings. The van der Waals surface area contributed by atoms with E-state index in [1.54, 1.807) is 0 Å². The molecule has 0 aliphatic heterocycles. The molecule has 3 N–H and O–H groups in total. The summed E-state index contributed by atoms with van der Waals surface area (Å²) in [5.41, 5.74) is 0. The number of aliphatic hydroxyl groups excluding tert-OH is 3. The van der Waals surface area contributed by atoms with Crippen LogP contribution in [0.15, 0.2) is 0 Å². The molecule has 3 unspecified atom stereocenters. The minimum atomic E-state index is -0.833. The summed E-state index contributed by atoms with van der Waals surface area (Å²) in [7, 11) is 0. The molecule has 0 saturated carbocycles. The normalized spacial score (nSPS) is 18.8. The number of aliphatic hydroxyl groups is 3. The Hall–Kier alpha value is 0.437. The van der Waals surface area contributed by atoms with Crippen LogP contribution in [0.1, 0.15) is 22.2 Å². The molecule has 0 rings (SSSR count). The molecule has 11 heavy (non-hydrogen) atoms. The largest absolute Gasteiger partial charge is 1.00 e. The van der Waals surface area contributed by atoms with Crippen molar-refractivity contribution < 1.29 is 35.6 Å². The van der Waals surface area contributed by atoms with E-state index < -0.39 is 18.7 Å². The molecule has 64 valence electrons. The van der Waals surface area contributed by atoms with Crippen molar-refractivity contribution in [3.05, 3.63) is 0 Å². The van der Waals surface area contributed by atoms with Gasteiger partial charge < -0.3 is 16.7 Å². The van der Waals surface area contributed by atoms with Gasteiger partial charge in [0.1, 0.15) is 18.7 Å². The van der Waals surface area contributed by atoms with Crippen LogP contribution >= 0.6 is 0 Å². The van der Waals surface area contributed by atoms with E-state index in [1.165, 1.54) is 25.7 Å². The first-order valence-electron chi connectivity index (χ1n) is 3.28. The van der Waals surface area contributed by atoms with Crippen LogP contribution in [0.2, 0.25) is 0 Å². The Morgan fingerprint density at radius 1 is 0.909 bits per heavy atom. The van der Waals surface area contributed by atoms with Crippen molar-refractivity contribution in [1.82, 2.24) is 4.90 Å². The fourth-order valence-electron chi connectivity index (χ4n) is 0.937. The third kappa shape index (κ3) is 4.80. The maximum atomic E-state index is 8.96. The molecular weight excluding hydrogens is 141 g/mol. The maximum Gasteiger partial charge on any atom is 1.00 e. The molecule has 4 nitrogen and oxygen atoms in total. The molecule has 0 fully saturated rings. The Morgan fingerprint density at radius 2 is 1.09 bits per heavy atom. The van der Waals surface area contributed by atoms with Crippen LogP contribution < -0.4 is 18.9 Å². The van der Waals surface area contributed by atoms with E-state index in [0.717, 1.165) is 0 Å². The van der Waals surface area contributed by atoms with Crippen LogP contribution in [0.5, 0.6) is 0 Å². The van der Waals surface area contributed by atoms with Gasteiger partial charge in [0.25, 0.3) is 0 Å². The van der Waals surface area contributed by atoms with Gasteiger partial charge in [-0.3, -0.25) is 0 Å². The van der Waals surface area contributed by atoms with Crippen molar-refractivity contribution in [1.29, 1.82) is 0 Å². The van der Waals surface area contributed by atoms with E-state index in [4.69, 9.17) is 15.3 Å². The number of hydrogen-bond acceptors (Lipinski definition) is 4. The summed E-state index contributed by atoms with van der Waals surface area (Å²) in [4.78, 5) is 1.17. The summed E-state index contributed by atoms with van der Waals surface area (Å²) in [6, 6.07) is 0. The Balaban J connectivity index is -0.000000405. The van der Waals surface area contributed by atoms with Crippen molar-refractivity contribution in [2.45, 2.75) is 39.5 Å². The van der Waals surface area contributed by atoms with E-state index in [0.29, 0.717) is 0 Å². The van der Waals surface area contributed by atoms with Gasteiger partial charge in [-0.15, -0.1) is 0 Å². The van der Waals surface area contributed by atoms with Gasteiger partial charge in [0.15, 0.2) is 0 Å². The molecule has 0 aliphatic rings. The van der Waals surface area contributed by atoms with Gasteiger partial charge >= 0.3 is 18.9 Å². The monoisotopic (exact) mass is 157 g/mol. The van der Waals surface area contributed by atoms with Crippen molar-refractivity contribution in [3.63, 3.8) is 0 Å². The smallest absolute Gasteiger partial charge is 1.00 e. The Bertz CT molecular complexity index is 83.8. The second-order valence-corrected chi connectivity index (χ2v) is 2.34. The SMILES string of the molecule is CC(O)N(C(C)O)C(C)O.[H-].[Li+]. The van der Waals surface area contributed by atoms with E-state index in [2.05, 4.69) is 0 Å². The molecular formula is C6H16LiNO3. The second-order valence-electron chi connectivity index (χ2n) is 2.34. The van der Waals surface area contributed by atoms with Crippen LogP contribution in [0.3, 0.4) is 0 Å². The average molecular weight is 157 g/mol. The van der Waals surface area contributed by atoms with Crippen LogP contribution in [0.4, 0.5) is 0 Å². The van der Waals surface area contributed by atoms with Gasteiger partial charge in [-0.25, -0.2) is 4.90 Å². The van der Waals surface area contributed by atoms with Gasteiger partial charge in [0, 0.05) is 0 Å². The fraction of sp³-hybridized carbons (Fsp3) is 1.00. The third-order valence-corrected chi connectivity index (χ3v) is 1.29. The van der Waals surface area contributed by atoms with E-state index in [-0.39, 0.29) is 20.3 Å². The molecule has 0 bridgehead atoms. The van der Waals surface area contributed by atoms with Gasteiger partial charge in [-0.2, -0.15) is 0 Å². The molecule has 0 aromatic carbocycles. The molecule has 3 atom stereocenters. The summed E-state index contributed by atoms with van der Waals surface area (Å²) < 4.78 is 0. The first-order valence-corrected chi connectivity index (χ1v) is 3.28. The summed E-state index contributed by atoms with van der Waals surface area (Å²) in [5, 5.41) is 26.9. The number of rotatable bonds is 3. The van der Waals surface area contributed by atoms with Crippen LogP contribution in [0, 0.1) is 0 Å². The molecule has 0 amide bonds. The summed E-state index contributed by atoms with van der Waals surface area (Å²) in [6.45, 7) is 4.46. The average Bonchev–Trinajstić information content (AvgIpc) is 1.59. The molecule has 0 spiro atoms. The molecule has 0 heterocycles. The number of hydrogen-bond donors (Lipinski definition) is 3. The quantitative estimate of drug-likeness (QED) is 0.293. The van der Waals surface area contributed by atoms with Gasteiger partial charge in [-0.05, 0) is 20.8 Å². The summed E-state index contributed by atoms with van der Waals surface area (Å²) in [5.74, 6) is 0. The first-order chi connectivity index (χ1) is 4.46. The van der Waals surface area contributed by atoms with Gasteiger partial charge in [0.2, 0.25) is 0 Å². The van der Waals surface area contributed by atoms with Gasteiger partial charge in [-0.1, -0.05) is 0 Å². The second kappa shape index (κ2) is 6.01. The third-order valence-electron chi connectivity index (χ3n) is 1.29. The van der Waals surface area contributed by atoms with E-state index in [9.17, 15) is 0 Å². The number of nitrogens with zero attached hydrogens (tertiary/aromatic N) is 1. The van der Waals surface area contributed by atoms with Crippen molar-refractivity contribution in [2.75, 3.05) is 0 Å². The Morgan fingerprint density at radius 3 is 1.09 bits per heavy atom. The first kappa shape index (κ1) is 14.0. The van der Waals surface area contributed by atoms with Crippen molar-refractivity contribution >= 4 is 0 Å². The molecule has 5 heteroatoms. The standard InChI is InChI=1S/C6H15NO3.Li.H/c1-4(8)7(5(2)9)6(3)10;;/h4-6,8-10H,1-3H3;;/q;+1;-1. The minimum absolute atomic E-state index is 0. The van der Waals surface area contributed by atoms with Crippen LogP contribution in [-0.2, 0) is 0 Å². The summed E-state index contributed by atoms with van der Waals surface area (Å²) in [6.07, 6.45) is -2.50. The summed E-state index contributed by atoms with van der Waals surface area (Å²) >= 11 is 0. The zero-order chi connectivity index (χ0) is 8.31. The Labute approximate surface area is 80.5 Å². The topological polar surface area (TPSA) is 63.9 Å². The zero-order valence-corrected chi connectivity index (χ0v) is 7.52. The predicted octanol–water partition coefficient (Wildman–Crippen LogP) is -3.58. The van der Waals surface area contributed by atoms with Crippen LogP contribution in [-0.4, -0.2) is 38.9 Å². The van der Waals surface area contributed by atoms with E-state index >= 15 is 0 Å². The zero-order valence-electron chi connectivity index (χ0n) is 8.52. The van der Waals surface area contributed by atoms with Crippen LogP contribution in [0.25, 0.3) is 0 Å². The molecule has 0 radical (unpaired) electrons. The maximum absolute atomic E-state index is 8.96. The molecule has 0 saturated heterocycles. The van der Waals surface area contributed by atoms with Crippen molar-refractivity contribution in [2.24, 2.45) is 0 Å². The fourth-order valence-corrected chi connectivity index (χ4v) is 0.937. The van der Waals surface area contributed by atoms with E-state index in [1.807, 2.05) is 0 Å². The minimum Gasteiger partial charge on any atom is -1.00 e.